The van der Waals surface area contributed by atoms with Crippen molar-refractivity contribution in [2.45, 2.75) is 18.2 Å². The van der Waals surface area contributed by atoms with Crippen LogP contribution in [0.5, 0.6) is 0 Å². The Labute approximate surface area is 173 Å². The second-order valence-corrected chi connectivity index (χ2v) is 9.14. The van der Waals surface area contributed by atoms with Gasteiger partial charge in [0.05, 0.1) is 48.6 Å². The van der Waals surface area contributed by atoms with Crippen molar-refractivity contribution in [1.82, 2.24) is 9.29 Å². The summed E-state index contributed by atoms with van der Waals surface area (Å²) in [7, 11) is -2.61. The van der Waals surface area contributed by atoms with Crippen LogP contribution in [-0.2, 0) is 24.3 Å². The Kier molecular flexibility index (Phi) is 5.16. The fourth-order valence-corrected chi connectivity index (χ4v) is 5.36. The Bertz CT molecular complexity index is 1180. The molecule has 10 heteroatoms. The third-order valence-electron chi connectivity index (χ3n) is 5.47. The maximum atomic E-state index is 13.1. The molecule has 0 amide bonds. The lowest BCUT2D eigenvalue weighted by atomic mass is 9.99. The smallest absolute Gasteiger partial charge is 0.306 e. The van der Waals surface area contributed by atoms with Gasteiger partial charge in [0.25, 0.3) is 0 Å². The summed E-state index contributed by atoms with van der Waals surface area (Å²) in [5.41, 5.74) is 1.04. The number of fused-ring (bicyclic) bond motifs is 3. The van der Waals surface area contributed by atoms with Gasteiger partial charge in [-0.15, -0.1) is 0 Å². The van der Waals surface area contributed by atoms with Crippen LogP contribution in [0.2, 0.25) is 0 Å². The van der Waals surface area contributed by atoms with Crippen LogP contribution < -0.4 is 0 Å². The second-order valence-electron chi connectivity index (χ2n) is 7.20. The molecule has 2 aliphatic rings. The Balaban J connectivity index is 1.85. The lowest BCUT2D eigenvalue weighted by Gasteiger charge is -2.26. The number of esters is 1. The molecule has 1 fully saturated rings. The Morgan fingerprint density at radius 3 is 2.53 bits per heavy atom. The summed E-state index contributed by atoms with van der Waals surface area (Å²) < 4.78 is 37.2. The van der Waals surface area contributed by atoms with Crippen LogP contribution in [0, 0.1) is 12.8 Å². The number of aryl methyl sites for hydroxylation is 1. The first-order valence-electron chi connectivity index (χ1n) is 9.43. The van der Waals surface area contributed by atoms with Crippen molar-refractivity contribution in [1.29, 1.82) is 0 Å². The molecule has 0 saturated carbocycles. The van der Waals surface area contributed by atoms with Gasteiger partial charge < -0.3 is 9.47 Å². The number of benzene rings is 1. The van der Waals surface area contributed by atoms with Crippen molar-refractivity contribution < 1.29 is 32.3 Å². The SMILES string of the molecule is COC(=O)CC1C(=O)c2c(C)nc3ccc(S(=O)(=O)N4CCOCC4)cc3c2C1=O. The average molecular weight is 432 g/mol. The minimum Gasteiger partial charge on any atom is -0.469 e. The van der Waals surface area contributed by atoms with E-state index in [1.54, 1.807) is 6.92 Å². The van der Waals surface area contributed by atoms with Gasteiger partial charge >= 0.3 is 5.97 Å². The zero-order chi connectivity index (χ0) is 21.6. The molecule has 2 heterocycles. The van der Waals surface area contributed by atoms with E-state index in [-0.39, 0.29) is 40.9 Å². The van der Waals surface area contributed by atoms with Gasteiger partial charge in [-0.05, 0) is 25.1 Å². The van der Waals surface area contributed by atoms with Crippen LogP contribution in [0.1, 0.15) is 32.8 Å². The van der Waals surface area contributed by atoms with E-state index in [1.165, 1.54) is 29.6 Å². The lowest BCUT2D eigenvalue weighted by Crippen LogP contribution is -2.40. The van der Waals surface area contributed by atoms with Crippen LogP contribution in [0.4, 0.5) is 0 Å². The summed E-state index contributed by atoms with van der Waals surface area (Å²) in [5, 5.41) is 0.288. The molecule has 0 radical (unpaired) electrons. The number of Topliss-reactive ketones (excluding diaryl/α,β-unsaturated/α-hetero) is 2. The van der Waals surface area contributed by atoms with E-state index < -0.39 is 33.5 Å². The predicted octanol–water partition coefficient (Wildman–Crippen LogP) is 1.12. The van der Waals surface area contributed by atoms with Gasteiger partial charge in [0, 0.05) is 29.7 Å². The van der Waals surface area contributed by atoms with Crippen LogP contribution in [-0.4, -0.2) is 68.7 Å². The van der Waals surface area contributed by atoms with Crippen LogP contribution in [0.25, 0.3) is 10.9 Å². The average Bonchev–Trinajstić information content (AvgIpc) is 2.99. The molecule has 9 nitrogen and oxygen atoms in total. The minimum atomic E-state index is -3.79. The number of carbonyl (C=O) groups excluding carboxylic acids is 3. The monoisotopic (exact) mass is 432 g/mol. The topological polar surface area (TPSA) is 120 Å². The molecule has 1 saturated heterocycles. The third-order valence-corrected chi connectivity index (χ3v) is 7.36. The first-order valence-corrected chi connectivity index (χ1v) is 10.9. The number of nitrogens with zero attached hydrogens (tertiary/aromatic N) is 2. The molecule has 4 rings (SSSR count). The fourth-order valence-electron chi connectivity index (χ4n) is 3.92. The first-order chi connectivity index (χ1) is 14.3. The number of methoxy groups -OCH3 is 1. The van der Waals surface area contributed by atoms with Gasteiger partial charge in [-0.1, -0.05) is 0 Å². The van der Waals surface area contributed by atoms with Crippen LogP contribution in [0.15, 0.2) is 23.1 Å². The maximum absolute atomic E-state index is 13.1. The largest absolute Gasteiger partial charge is 0.469 e. The lowest BCUT2D eigenvalue weighted by molar-refractivity contribution is -0.141. The predicted molar refractivity (Wildman–Crippen MR) is 105 cm³/mol. The van der Waals surface area contributed by atoms with E-state index in [0.29, 0.717) is 24.4 Å². The van der Waals surface area contributed by atoms with Gasteiger partial charge in [0.1, 0.15) is 0 Å². The number of ketones is 2. The summed E-state index contributed by atoms with van der Waals surface area (Å²) >= 11 is 0. The number of pyridine rings is 1. The first kappa shape index (κ1) is 20.6. The number of ether oxygens (including phenoxy) is 2. The second kappa shape index (κ2) is 7.53. The highest BCUT2D eigenvalue weighted by atomic mass is 32.2. The van der Waals surface area contributed by atoms with E-state index in [0.717, 1.165) is 0 Å². The summed E-state index contributed by atoms with van der Waals surface area (Å²) in [4.78, 5) is 42.0. The molecule has 158 valence electrons. The molecule has 1 aromatic heterocycles. The summed E-state index contributed by atoms with van der Waals surface area (Å²) in [6.45, 7) is 2.71. The molecule has 0 bridgehead atoms. The Morgan fingerprint density at radius 2 is 1.87 bits per heavy atom. The standard InChI is InChI=1S/C20H20N2O7S/c1-11-17-18(20(25)14(19(17)24)10-16(23)28-2)13-9-12(3-4-15(13)21-11)30(26,27)22-5-7-29-8-6-22/h3-4,9,14H,5-8,10H2,1-2H3. The molecular formula is C20H20N2O7S. The van der Waals surface area contributed by atoms with Gasteiger partial charge in [-0.25, -0.2) is 8.42 Å². The molecule has 1 aromatic carbocycles. The Hall–Kier alpha value is -2.69. The van der Waals surface area contributed by atoms with Crippen molar-refractivity contribution in [2.24, 2.45) is 5.92 Å². The normalized spacial score (nSPS) is 19.9. The van der Waals surface area contributed by atoms with Crippen molar-refractivity contribution in [3.63, 3.8) is 0 Å². The zero-order valence-electron chi connectivity index (χ0n) is 16.5. The van der Waals surface area contributed by atoms with Crippen molar-refractivity contribution in [3.05, 3.63) is 35.0 Å². The molecule has 2 aromatic rings. The summed E-state index contributed by atoms with van der Waals surface area (Å²) in [6, 6.07) is 4.36. The van der Waals surface area contributed by atoms with Crippen molar-refractivity contribution >= 4 is 38.5 Å². The number of sulfonamides is 1. The Morgan fingerprint density at radius 1 is 1.20 bits per heavy atom. The quantitative estimate of drug-likeness (QED) is 0.521. The van der Waals surface area contributed by atoms with E-state index >= 15 is 0 Å². The molecule has 0 spiro atoms. The van der Waals surface area contributed by atoms with Crippen LogP contribution >= 0.6 is 0 Å². The number of morpholine rings is 1. The number of aromatic nitrogens is 1. The van der Waals surface area contributed by atoms with E-state index in [9.17, 15) is 22.8 Å². The molecule has 1 aliphatic heterocycles. The van der Waals surface area contributed by atoms with Crippen LogP contribution in [0.3, 0.4) is 0 Å². The minimum absolute atomic E-state index is 0.0152. The van der Waals surface area contributed by atoms with E-state index in [4.69, 9.17) is 4.74 Å². The number of hydrogen-bond acceptors (Lipinski definition) is 8. The molecule has 0 N–H and O–H groups in total. The van der Waals surface area contributed by atoms with Crippen molar-refractivity contribution in [3.8, 4) is 0 Å². The zero-order valence-corrected chi connectivity index (χ0v) is 17.3. The fraction of sp³-hybridized carbons (Fsp3) is 0.400. The number of hydrogen-bond donors (Lipinski definition) is 0. The van der Waals surface area contributed by atoms with Gasteiger partial charge in [-0.2, -0.15) is 4.31 Å². The molecule has 1 atom stereocenters. The molecule has 30 heavy (non-hydrogen) atoms. The summed E-state index contributed by atoms with van der Waals surface area (Å²) in [6.07, 6.45) is -0.366. The highest BCUT2D eigenvalue weighted by Crippen LogP contribution is 2.36. The molecular weight excluding hydrogens is 412 g/mol. The third kappa shape index (κ3) is 3.21. The maximum Gasteiger partial charge on any atom is 0.306 e. The molecule has 1 aliphatic carbocycles. The van der Waals surface area contributed by atoms with Gasteiger partial charge in [0.2, 0.25) is 10.0 Å². The van der Waals surface area contributed by atoms with E-state index in [1.807, 2.05) is 0 Å². The van der Waals surface area contributed by atoms with Gasteiger partial charge in [0.15, 0.2) is 11.6 Å². The van der Waals surface area contributed by atoms with E-state index in [2.05, 4.69) is 9.72 Å². The highest BCUT2D eigenvalue weighted by Gasteiger charge is 2.43. The van der Waals surface area contributed by atoms with Gasteiger partial charge in [-0.3, -0.25) is 19.4 Å². The van der Waals surface area contributed by atoms with Crippen molar-refractivity contribution in [2.75, 3.05) is 33.4 Å². The number of rotatable bonds is 4. The summed E-state index contributed by atoms with van der Waals surface area (Å²) in [5.74, 6) is -2.86. The highest BCUT2D eigenvalue weighted by molar-refractivity contribution is 7.89. The molecule has 1 unspecified atom stereocenters. The number of carbonyl (C=O) groups is 3.